The largest absolute Gasteiger partial charge is 0.464 e. The molecule has 12 heteroatoms. The number of halogens is 3. The van der Waals surface area contributed by atoms with Crippen LogP contribution in [0.25, 0.3) is 0 Å². The highest BCUT2D eigenvalue weighted by Crippen LogP contribution is 2.40. The molecular formula is C6H10Cl3O7PS. The first kappa shape index (κ1) is 18.4. The Hall–Kier alpha value is 0.440. The molecule has 0 aromatic rings. The van der Waals surface area contributed by atoms with Gasteiger partial charge in [0.05, 0.1) is 6.61 Å². The number of ether oxygens (including phenoxy) is 1. The summed E-state index contributed by atoms with van der Waals surface area (Å²) in [4.78, 5) is 11.1. The third-order valence-electron chi connectivity index (χ3n) is 1.35. The number of alkyl halides is 3. The minimum atomic E-state index is -4.73. The highest BCUT2D eigenvalue weighted by molar-refractivity contribution is 7.95. The number of carbonyl (C=O) groups is 1. The van der Waals surface area contributed by atoms with Crippen LogP contribution in [0.2, 0.25) is 0 Å². The number of rotatable bonds is 6. The fourth-order valence-corrected chi connectivity index (χ4v) is 3.10. The first-order chi connectivity index (χ1) is 8.01. The Morgan fingerprint density at radius 1 is 1.39 bits per heavy atom. The fraction of sp³-hybridized carbons (Fsp3) is 0.833. The third kappa shape index (κ3) is 6.06. The minimum Gasteiger partial charge on any atom is -0.464 e. The number of carbonyl (C=O) groups excluding carboxylic acids is 1. The van der Waals surface area contributed by atoms with E-state index >= 15 is 0 Å². The Labute approximate surface area is 120 Å². The van der Waals surface area contributed by atoms with Crippen LogP contribution in [-0.4, -0.2) is 30.2 Å². The van der Waals surface area contributed by atoms with Gasteiger partial charge in [-0.1, -0.05) is 34.8 Å². The van der Waals surface area contributed by atoms with E-state index in [1.807, 2.05) is 0 Å². The first-order valence-electron chi connectivity index (χ1n) is 4.39. The standard InChI is InChI=1S/C6H10Cl3O7PS/c1-3-14-5(10)4(2)15-17(11)16-18(12,13)6(7,8)9/h4,17H,3H2,1-2H3. The summed E-state index contributed by atoms with van der Waals surface area (Å²) in [5, 5.41) is 0. The van der Waals surface area contributed by atoms with Gasteiger partial charge in [0.2, 0.25) is 0 Å². The van der Waals surface area contributed by atoms with Crippen LogP contribution in [0.4, 0.5) is 0 Å². The lowest BCUT2D eigenvalue weighted by Gasteiger charge is -2.14. The van der Waals surface area contributed by atoms with Crippen molar-refractivity contribution in [3.8, 4) is 0 Å². The summed E-state index contributed by atoms with van der Waals surface area (Å²) in [6, 6.07) is 0. The molecule has 0 saturated carbocycles. The van der Waals surface area contributed by atoms with Gasteiger partial charge in [-0.25, -0.2) is 4.79 Å². The smallest absolute Gasteiger partial charge is 0.335 e. The average molecular weight is 364 g/mol. The minimum absolute atomic E-state index is 0.0841. The van der Waals surface area contributed by atoms with E-state index in [1.54, 1.807) is 6.92 Å². The summed E-state index contributed by atoms with van der Waals surface area (Å²) < 4.78 is 43.7. The Balaban J connectivity index is 4.51. The summed E-state index contributed by atoms with van der Waals surface area (Å²) in [5.74, 6) is -0.828. The summed E-state index contributed by atoms with van der Waals surface area (Å²) in [6.07, 6.45) is -1.28. The average Bonchev–Trinajstić information content (AvgIpc) is 2.14. The van der Waals surface area contributed by atoms with Gasteiger partial charge in [-0.2, -0.15) is 12.4 Å². The van der Waals surface area contributed by atoms with Crippen LogP contribution in [0.5, 0.6) is 0 Å². The van der Waals surface area contributed by atoms with Gasteiger partial charge in [0, 0.05) is 0 Å². The van der Waals surface area contributed by atoms with Crippen molar-refractivity contribution in [3.05, 3.63) is 0 Å². The summed E-state index contributed by atoms with van der Waals surface area (Å²) in [5.41, 5.74) is 0. The van der Waals surface area contributed by atoms with E-state index in [9.17, 15) is 17.8 Å². The summed E-state index contributed by atoms with van der Waals surface area (Å²) in [6.45, 7) is 2.84. The highest BCUT2D eigenvalue weighted by atomic mass is 35.6. The van der Waals surface area contributed by atoms with Gasteiger partial charge < -0.3 is 4.74 Å². The van der Waals surface area contributed by atoms with E-state index < -0.39 is 33.6 Å². The molecule has 0 heterocycles. The lowest BCUT2D eigenvalue weighted by atomic mass is 10.4. The Morgan fingerprint density at radius 2 is 1.89 bits per heavy atom. The molecular weight excluding hydrogens is 353 g/mol. The Bertz CT molecular complexity index is 417. The zero-order valence-electron chi connectivity index (χ0n) is 9.18. The number of hydrogen-bond acceptors (Lipinski definition) is 7. The Morgan fingerprint density at radius 3 is 2.28 bits per heavy atom. The van der Waals surface area contributed by atoms with Crippen LogP contribution in [0, 0.1) is 0 Å². The maximum atomic E-state index is 11.2. The van der Waals surface area contributed by atoms with Crippen LogP contribution >= 0.6 is 43.1 Å². The lowest BCUT2D eigenvalue weighted by molar-refractivity contribution is -0.150. The first-order valence-corrected chi connectivity index (χ1v) is 8.16. The zero-order valence-corrected chi connectivity index (χ0v) is 13.3. The Kier molecular flexibility index (Phi) is 7.46. The van der Waals surface area contributed by atoms with Crippen molar-refractivity contribution in [1.82, 2.24) is 0 Å². The lowest BCUT2D eigenvalue weighted by Crippen LogP contribution is -2.23. The van der Waals surface area contributed by atoms with Crippen molar-refractivity contribution in [2.45, 2.75) is 23.1 Å². The molecule has 0 N–H and O–H groups in total. The predicted octanol–water partition coefficient (Wildman–Crippen LogP) is 2.02. The molecule has 7 nitrogen and oxygen atoms in total. The van der Waals surface area contributed by atoms with E-state index in [2.05, 4.69) is 13.2 Å². The van der Waals surface area contributed by atoms with E-state index in [4.69, 9.17) is 34.8 Å². The second-order valence-electron chi connectivity index (χ2n) is 2.75. The molecule has 0 aromatic carbocycles. The monoisotopic (exact) mass is 362 g/mol. The molecule has 18 heavy (non-hydrogen) atoms. The molecule has 108 valence electrons. The van der Waals surface area contributed by atoms with E-state index in [-0.39, 0.29) is 6.61 Å². The van der Waals surface area contributed by atoms with Crippen LogP contribution < -0.4 is 0 Å². The van der Waals surface area contributed by atoms with Crippen LogP contribution in [0.15, 0.2) is 0 Å². The predicted molar refractivity (Wildman–Crippen MR) is 66.5 cm³/mol. The van der Waals surface area contributed by atoms with E-state index in [1.165, 1.54) is 6.92 Å². The van der Waals surface area contributed by atoms with Crippen LogP contribution in [-0.2, 0) is 32.7 Å². The highest BCUT2D eigenvalue weighted by Gasteiger charge is 2.41. The fourth-order valence-electron chi connectivity index (χ4n) is 0.609. The third-order valence-corrected chi connectivity index (χ3v) is 5.59. The van der Waals surface area contributed by atoms with Gasteiger partial charge in [0.1, 0.15) is 0 Å². The van der Waals surface area contributed by atoms with Gasteiger partial charge in [-0.05, 0) is 13.8 Å². The molecule has 0 amide bonds. The molecule has 0 aliphatic rings. The van der Waals surface area contributed by atoms with E-state index in [0.29, 0.717) is 0 Å². The van der Waals surface area contributed by atoms with Crippen molar-refractivity contribution in [2.75, 3.05) is 6.61 Å². The molecule has 0 radical (unpaired) electrons. The van der Waals surface area contributed by atoms with Crippen molar-refractivity contribution >= 4 is 59.1 Å². The topological polar surface area (TPSA) is 96.0 Å². The molecule has 0 bridgehead atoms. The second-order valence-corrected chi connectivity index (χ2v) is 8.62. The van der Waals surface area contributed by atoms with Crippen molar-refractivity contribution in [3.63, 3.8) is 0 Å². The molecule has 2 atom stereocenters. The van der Waals surface area contributed by atoms with E-state index in [0.717, 1.165) is 0 Å². The van der Waals surface area contributed by atoms with Crippen LogP contribution in [0.1, 0.15) is 13.8 Å². The molecule has 0 aromatic heterocycles. The molecule has 0 aliphatic heterocycles. The second kappa shape index (κ2) is 7.28. The number of esters is 1. The van der Waals surface area contributed by atoms with Gasteiger partial charge in [-0.3, -0.25) is 9.09 Å². The van der Waals surface area contributed by atoms with Gasteiger partial charge in [-0.15, -0.1) is 0 Å². The van der Waals surface area contributed by atoms with Crippen LogP contribution in [0.3, 0.4) is 0 Å². The molecule has 2 unspecified atom stereocenters. The molecule has 0 saturated heterocycles. The SMILES string of the molecule is CCOC(=O)C(C)O[PH](=O)OS(=O)(=O)C(Cl)(Cl)Cl. The number of hydrogen-bond donors (Lipinski definition) is 0. The van der Waals surface area contributed by atoms with Gasteiger partial charge in [0.15, 0.2) is 6.10 Å². The summed E-state index contributed by atoms with van der Waals surface area (Å²) in [7, 11) is -8.31. The maximum absolute atomic E-state index is 11.2. The molecule has 0 spiro atoms. The normalized spacial score (nSPS) is 16.1. The molecule has 0 fully saturated rings. The van der Waals surface area contributed by atoms with Crippen molar-refractivity contribution in [1.29, 1.82) is 0 Å². The zero-order chi connectivity index (χ0) is 14.6. The van der Waals surface area contributed by atoms with Gasteiger partial charge >= 0.3 is 27.5 Å². The quantitative estimate of drug-likeness (QED) is 0.404. The maximum Gasteiger partial charge on any atom is 0.335 e. The van der Waals surface area contributed by atoms with Gasteiger partial charge in [0.25, 0.3) is 0 Å². The summed E-state index contributed by atoms with van der Waals surface area (Å²) >= 11 is 15.2. The van der Waals surface area contributed by atoms with Crippen molar-refractivity contribution in [2.24, 2.45) is 0 Å². The van der Waals surface area contributed by atoms with Crippen molar-refractivity contribution < 1.29 is 31.0 Å². The molecule has 0 rings (SSSR count). The molecule has 0 aliphatic carbocycles.